The van der Waals surface area contributed by atoms with Crippen LogP contribution in [0.2, 0.25) is 0 Å². The van der Waals surface area contributed by atoms with E-state index in [4.69, 9.17) is 15.0 Å². The van der Waals surface area contributed by atoms with Crippen molar-refractivity contribution >= 4 is 43.7 Å². The van der Waals surface area contributed by atoms with E-state index in [2.05, 4.69) is 91.2 Å². The van der Waals surface area contributed by atoms with E-state index in [1.54, 1.807) is 6.07 Å². The number of pyridine rings is 1. The number of aryl methyl sites for hydroxylation is 2. The maximum Gasteiger partial charge on any atom is 0.144 e. The molecule has 5 nitrogen and oxygen atoms in total. The van der Waals surface area contributed by atoms with Gasteiger partial charge in [-0.2, -0.15) is 0 Å². The first-order valence-electron chi connectivity index (χ1n) is 13.7. The Hall–Kier alpha value is -4.73. The first-order chi connectivity index (χ1) is 20.0. The molecule has 0 aliphatic carbocycles. The third-order valence-corrected chi connectivity index (χ3v) is 7.83. The minimum atomic E-state index is 0. The fourth-order valence-electron chi connectivity index (χ4n) is 6.09. The second-order valence-corrected chi connectivity index (χ2v) is 10.7. The van der Waals surface area contributed by atoms with Gasteiger partial charge in [-0.15, -0.1) is 11.0 Å². The van der Waals surface area contributed by atoms with Crippen molar-refractivity contribution in [2.75, 3.05) is 0 Å². The van der Waals surface area contributed by atoms with Crippen molar-refractivity contribution in [2.24, 2.45) is 0 Å². The van der Waals surface area contributed by atoms with Crippen LogP contribution in [0.4, 0.5) is 0 Å². The van der Waals surface area contributed by atoms with Crippen molar-refractivity contribution in [3.63, 3.8) is 0 Å². The molecule has 8 rings (SSSR count). The van der Waals surface area contributed by atoms with Crippen LogP contribution in [0, 0.1) is 13.8 Å². The van der Waals surface area contributed by atoms with Gasteiger partial charge in [0.15, 0.2) is 0 Å². The topological polar surface area (TPSA) is 65.0 Å². The molecule has 0 aliphatic heterocycles. The van der Waals surface area contributed by atoms with Crippen molar-refractivity contribution in [1.29, 1.82) is 0 Å². The summed E-state index contributed by atoms with van der Waals surface area (Å²) in [5.74, 6) is 0.994. The predicted molar refractivity (Wildman–Crippen MR) is 167 cm³/mol. The quantitative estimate of drug-likeness (QED) is 0.199. The zero-order valence-electron chi connectivity index (χ0n) is 22.9. The first kappa shape index (κ1) is 26.2. The van der Waals surface area contributed by atoms with Gasteiger partial charge < -0.3 is 10.1 Å². The van der Waals surface area contributed by atoms with E-state index in [9.17, 15) is 5.11 Å². The number of aromatic hydroxyl groups is 1. The van der Waals surface area contributed by atoms with Gasteiger partial charge in [0, 0.05) is 43.3 Å². The molecule has 6 heteroatoms. The molecule has 0 unspecified atom stereocenters. The number of nitrogens with zero attached hydrogens (tertiary/aromatic N) is 4. The number of phenolic OH excluding ortho intramolecular Hbond substituents is 1. The van der Waals surface area contributed by atoms with Crippen molar-refractivity contribution in [3.8, 4) is 34.1 Å². The number of para-hydroxylation sites is 4. The molecule has 5 aromatic carbocycles. The van der Waals surface area contributed by atoms with Crippen LogP contribution in [0.3, 0.4) is 0 Å². The number of phenols is 1. The van der Waals surface area contributed by atoms with Crippen LogP contribution in [-0.4, -0.2) is 19.6 Å². The number of hydrogen-bond donors (Lipinski definition) is 1. The second kappa shape index (κ2) is 9.97. The first-order valence-corrected chi connectivity index (χ1v) is 13.7. The Morgan fingerprint density at radius 2 is 1.40 bits per heavy atom. The van der Waals surface area contributed by atoms with Crippen molar-refractivity contribution in [3.05, 3.63) is 120 Å². The van der Waals surface area contributed by atoms with Crippen LogP contribution in [0.1, 0.15) is 11.1 Å². The molecular weight excluding hydrogens is 700 g/mol. The van der Waals surface area contributed by atoms with Gasteiger partial charge >= 0.3 is 0 Å². The molecule has 0 saturated heterocycles. The zero-order chi connectivity index (χ0) is 27.7. The Kier molecular flexibility index (Phi) is 6.22. The Balaban J connectivity index is 0.00000288. The van der Waals surface area contributed by atoms with Gasteiger partial charge in [-0.3, -0.25) is 4.57 Å². The third kappa shape index (κ3) is 4.04. The maximum absolute atomic E-state index is 10.5. The molecular formula is C36H25N4OPt-. The Morgan fingerprint density at radius 1 is 0.667 bits per heavy atom. The molecule has 0 saturated carbocycles. The summed E-state index contributed by atoms with van der Waals surface area (Å²) in [7, 11) is 0. The van der Waals surface area contributed by atoms with E-state index >= 15 is 0 Å². The molecule has 0 bridgehead atoms. The van der Waals surface area contributed by atoms with Crippen molar-refractivity contribution in [2.45, 2.75) is 13.8 Å². The van der Waals surface area contributed by atoms with Crippen LogP contribution >= 0.6 is 0 Å². The average Bonchev–Trinajstić information content (AvgIpc) is 3.56. The monoisotopic (exact) mass is 724 g/mol. The fourth-order valence-corrected chi connectivity index (χ4v) is 6.09. The van der Waals surface area contributed by atoms with E-state index in [0.717, 1.165) is 66.6 Å². The third-order valence-electron chi connectivity index (χ3n) is 7.83. The van der Waals surface area contributed by atoms with Crippen molar-refractivity contribution in [1.82, 2.24) is 19.5 Å². The minimum Gasteiger partial charge on any atom is -0.656 e. The Bertz CT molecular complexity index is 2290. The number of hydrogen-bond acceptors (Lipinski definition) is 3. The molecule has 3 aromatic heterocycles. The van der Waals surface area contributed by atoms with Crippen molar-refractivity contribution < 1.29 is 26.2 Å². The molecule has 0 spiro atoms. The zero-order valence-corrected chi connectivity index (χ0v) is 25.2. The predicted octanol–water partition coefficient (Wildman–Crippen LogP) is 8.49. The van der Waals surface area contributed by atoms with E-state index in [0.29, 0.717) is 5.52 Å². The van der Waals surface area contributed by atoms with Gasteiger partial charge in [0.2, 0.25) is 0 Å². The van der Waals surface area contributed by atoms with Crippen LogP contribution < -0.4 is 4.98 Å². The Morgan fingerprint density at radius 3 is 2.26 bits per heavy atom. The molecule has 0 amide bonds. The molecule has 0 fully saturated rings. The normalized spacial score (nSPS) is 11.5. The molecule has 3 heterocycles. The SMILES string of the molecule is Cc1cc(C)cc(-n2c(-c3cccc4c3[n-]c3ccccc34)nc3c(-c4ccc5cccc(O)c5n4)cccc32)c1.[Pt]. The molecule has 1 N–H and O–H groups in total. The van der Waals surface area contributed by atoms with E-state index in [-0.39, 0.29) is 26.8 Å². The summed E-state index contributed by atoms with van der Waals surface area (Å²) in [6.07, 6.45) is 0. The molecule has 0 radical (unpaired) electrons. The number of fused-ring (bicyclic) bond motifs is 5. The van der Waals surface area contributed by atoms with Gasteiger partial charge in [0.1, 0.15) is 17.1 Å². The van der Waals surface area contributed by atoms with Crippen LogP contribution in [0.25, 0.3) is 72.1 Å². The summed E-state index contributed by atoms with van der Waals surface area (Å²) in [6, 6.07) is 36.9. The summed E-state index contributed by atoms with van der Waals surface area (Å²) in [5.41, 5.74) is 10.4. The van der Waals surface area contributed by atoms with Gasteiger partial charge in [0.25, 0.3) is 0 Å². The number of benzene rings is 5. The van der Waals surface area contributed by atoms with Gasteiger partial charge in [-0.05, 0) is 66.1 Å². The van der Waals surface area contributed by atoms with E-state index in [1.807, 2.05) is 30.3 Å². The van der Waals surface area contributed by atoms with Gasteiger partial charge in [0.05, 0.1) is 16.7 Å². The largest absolute Gasteiger partial charge is 0.656 e. The average molecular weight is 725 g/mol. The summed E-state index contributed by atoms with van der Waals surface area (Å²) in [4.78, 5) is 15.3. The standard InChI is InChI=1S/C36H25N4O.Pt/c1-21-18-22(2)20-24(19-21)40-31-14-7-11-27(30-17-16-23-8-5-15-32(41)33(23)37-30)35(31)39-36(40)28-12-6-10-26-25-9-3-4-13-29(25)38-34(26)28;/h3-20H,1-2H3,(H-,37,38,39,41);/q-1;. The van der Waals surface area contributed by atoms with E-state index < -0.39 is 0 Å². The number of imidazole rings is 1. The van der Waals surface area contributed by atoms with Gasteiger partial charge in [-0.25, -0.2) is 9.97 Å². The van der Waals surface area contributed by atoms with Crippen LogP contribution in [0.5, 0.6) is 5.75 Å². The molecule has 0 atom stereocenters. The van der Waals surface area contributed by atoms with Gasteiger partial charge in [-0.1, -0.05) is 78.9 Å². The molecule has 0 aliphatic rings. The summed E-state index contributed by atoms with van der Waals surface area (Å²) >= 11 is 0. The molecule has 206 valence electrons. The Labute approximate surface area is 256 Å². The van der Waals surface area contributed by atoms with Crippen LogP contribution in [-0.2, 0) is 21.1 Å². The van der Waals surface area contributed by atoms with Crippen LogP contribution in [0.15, 0.2) is 109 Å². The van der Waals surface area contributed by atoms with E-state index in [1.165, 1.54) is 11.1 Å². The summed E-state index contributed by atoms with van der Waals surface area (Å²) in [6.45, 7) is 4.25. The maximum atomic E-state index is 10.5. The number of rotatable bonds is 3. The second-order valence-electron chi connectivity index (χ2n) is 10.7. The number of aromatic nitrogens is 4. The summed E-state index contributed by atoms with van der Waals surface area (Å²) < 4.78 is 2.24. The fraction of sp³-hybridized carbons (Fsp3) is 0.0556. The molecule has 8 aromatic rings. The summed E-state index contributed by atoms with van der Waals surface area (Å²) in [5, 5.41) is 13.7. The smallest absolute Gasteiger partial charge is 0.144 e. The molecule has 42 heavy (non-hydrogen) atoms. The minimum absolute atomic E-state index is 0.